The fraction of sp³-hybridized carbons (Fsp3) is 0.533. The van der Waals surface area contributed by atoms with Gasteiger partial charge in [-0.05, 0) is 25.0 Å². The van der Waals surface area contributed by atoms with Gasteiger partial charge in [-0.1, -0.05) is 43.0 Å². The molecule has 1 aliphatic rings. The first-order chi connectivity index (χ1) is 9.75. The van der Waals surface area contributed by atoms with Crippen LogP contribution in [-0.4, -0.2) is 25.2 Å². The molecule has 0 bridgehead atoms. The average Bonchev–Trinajstić information content (AvgIpc) is 2.46. The third kappa shape index (κ3) is 6.74. The summed E-state index contributed by atoms with van der Waals surface area (Å²) < 4.78 is 5.55. The summed E-state index contributed by atoms with van der Waals surface area (Å²) in [5.74, 6) is 1.20. The Balaban J connectivity index is 0.00000220. The molecule has 0 radical (unpaired) electrons. The van der Waals surface area contributed by atoms with Crippen molar-refractivity contribution in [1.82, 2.24) is 5.32 Å². The van der Waals surface area contributed by atoms with Crippen LogP contribution in [0.25, 0.3) is 0 Å². The molecule has 0 saturated heterocycles. The molecule has 1 saturated carbocycles. The second kappa shape index (κ2) is 10.1. The van der Waals surface area contributed by atoms with Crippen molar-refractivity contribution in [2.75, 3.05) is 13.2 Å². The van der Waals surface area contributed by atoms with Crippen molar-refractivity contribution >= 4 is 41.5 Å². The van der Waals surface area contributed by atoms with Gasteiger partial charge in [-0.25, -0.2) is 4.99 Å². The molecule has 1 aliphatic carbocycles. The largest absolute Gasteiger partial charge is 0.490 e. The molecule has 0 amide bonds. The second-order valence-corrected chi connectivity index (χ2v) is 5.43. The van der Waals surface area contributed by atoms with Crippen molar-refractivity contribution in [3.63, 3.8) is 0 Å². The summed E-state index contributed by atoms with van der Waals surface area (Å²) in [7, 11) is 0. The lowest BCUT2D eigenvalue weighted by atomic mass is 9.96. The van der Waals surface area contributed by atoms with Crippen molar-refractivity contribution in [2.45, 2.75) is 38.1 Å². The van der Waals surface area contributed by atoms with Crippen LogP contribution < -0.4 is 15.8 Å². The van der Waals surface area contributed by atoms with Gasteiger partial charge < -0.3 is 15.8 Å². The number of benzene rings is 1. The number of aliphatic imine (C=N–C) groups is 1. The molecule has 0 aliphatic heterocycles. The number of para-hydroxylation sites is 1. The first-order valence-electron chi connectivity index (χ1n) is 7.19. The lowest BCUT2D eigenvalue weighted by molar-refractivity contribution is 0.328. The van der Waals surface area contributed by atoms with E-state index in [0.29, 0.717) is 35.9 Å². The van der Waals surface area contributed by atoms with Crippen molar-refractivity contribution in [1.29, 1.82) is 0 Å². The molecule has 0 spiro atoms. The number of guanidine groups is 1. The highest BCUT2D eigenvalue weighted by atomic mass is 127. The van der Waals surface area contributed by atoms with Crippen molar-refractivity contribution in [3.8, 4) is 5.75 Å². The van der Waals surface area contributed by atoms with Gasteiger partial charge >= 0.3 is 0 Å². The van der Waals surface area contributed by atoms with E-state index in [1.54, 1.807) is 6.07 Å². The molecule has 6 heteroatoms. The Morgan fingerprint density at radius 2 is 2.00 bits per heavy atom. The molecule has 21 heavy (non-hydrogen) atoms. The summed E-state index contributed by atoms with van der Waals surface area (Å²) in [5, 5.41) is 3.89. The molecule has 3 N–H and O–H groups in total. The minimum Gasteiger partial charge on any atom is -0.490 e. The number of rotatable bonds is 5. The van der Waals surface area contributed by atoms with Gasteiger partial charge in [-0.15, -0.1) is 24.0 Å². The molecule has 1 fully saturated rings. The van der Waals surface area contributed by atoms with E-state index < -0.39 is 0 Å². The van der Waals surface area contributed by atoms with Crippen LogP contribution in [0.15, 0.2) is 29.3 Å². The summed E-state index contributed by atoms with van der Waals surface area (Å²) >= 11 is 6.00. The van der Waals surface area contributed by atoms with E-state index in [2.05, 4.69) is 10.3 Å². The maximum absolute atomic E-state index is 6.00. The lowest BCUT2D eigenvalue weighted by Gasteiger charge is -2.23. The highest BCUT2D eigenvalue weighted by molar-refractivity contribution is 14.0. The monoisotopic (exact) mass is 423 g/mol. The summed E-state index contributed by atoms with van der Waals surface area (Å²) in [6.45, 7) is 0.994. The average molecular weight is 424 g/mol. The molecule has 1 aromatic rings. The normalized spacial score (nSPS) is 16.1. The fourth-order valence-electron chi connectivity index (χ4n) is 2.39. The topological polar surface area (TPSA) is 59.6 Å². The number of nitrogens with two attached hydrogens (primary N) is 1. The highest BCUT2D eigenvalue weighted by Gasteiger charge is 2.13. The van der Waals surface area contributed by atoms with Crippen LogP contribution in [0.4, 0.5) is 0 Å². The Kier molecular flexibility index (Phi) is 8.84. The smallest absolute Gasteiger partial charge is 0.188 e. The molecule has 118 valence electrons. The summed E-state index contributed by atoms with van der Waals surface area (Å²) in [6, 6.07) is 7.90. The van der Waals surface area contributed by atoms with Crippen LogP contribution in [0.1, 0.15) is 32.1 Å². The standard InChI is InChI=1S/C15H22ClN3O.HI/c16-13-8-4-5-9-14(13)20-11-10-18-15(17)19-12-6-2-1-3-7-12;/h4-5,8-9,12H,1-3,6-7,10-11H2,(H3,17,18,19);1H. The van der Waals surface area contributed by atoms with Gasteiger partial charge in [0.25, 0.3) is 0 Å². The number of hydrogen-bond donors (Lipinski definition) is 2. The van der Waals surface area contributed by atoms with E-state index >= 15 is 0 Å². The summed E-state index contributed by atoms with van der Waals surface area (Å²) in [5.41, 5.74) is 5.87. The predicted octanol–water partition coefficient (Wildman–Crippen LogP) is 3.57. The number of halogens is 2. The van der Waals surface area contributed by atoms with E-state index in [0.717, 1.165) is 0 Å². The van der Waals surface area contributed by atoms with E-state index in [4.69, 9.17) is 22.1 Å². The number of nitrogens with zero attached hydrogens (tertiary/aromatic N) is 1. The third-order valence-corrected chi connectivity index (χ3v) is 3.74. The number of nitrogens with one attached hydrogen (secondary N) is 1. The number of hydrogen-bond acceptors (Lipinski definition) is 2. The minimum absolute atomic E-state index is 0. The molecule has 0 atom stereocenters. The van der Waals surface area contributed by atoms with Crippen LogP contribution in [0.5, 0.6) is 5.75 Å². The highest BCUT2D eigenvalue weighted by Crippen LogP contribution is 2.22. The van der Waals surface area contributed by atoms with Gasteiger partial charge in [0.15, 0.2) is 5.96 Å². The molecule has 0 aromatic heterocycles. The minimum atomic E-state index is 0. The third-order valence-electron chi connectivity index (χ3n) is 3.42. The first kappa shape index (κ1) is 18.4. The molecule has 0 heterocycles. The maximum atomic E-state index is 6.00. The van der Waals surface area contributed by atoms with Gasteiger partial charge in [0, 0.05) is 6.04 Å². The van der Waals surface area contributed by atoms with E-state index in [1.165, 1.54) is 32.1 Å². The van der Waals surface area contributed by atoms with Crippen LogP contribution >= 0.6 is 35.6 Å². The van der Waals surface area contributed by atoms with Crippen molar-refractivity contribution < 1.29 is 4.74 Å². The number of ether oxygens (including phenoxy) is 1. The first-order valence-corrected chi connectivity index (χ1v) is 7.57. The van der Waals surface area contributed by atoms with Crippen LogP contribution in [-0.2, 0) is 0 Å². The Labute approximate surface area is 148 Å². The van der Waals surface area contributed by atoms with Crippen LogP contribution in [0.2, 0.25) is 5.02 Å². The maximum Gasteiger partial charge on any atom is 0.188 e. The Morgan fingerprint density at radius 3 is 2.71 bits per heavy atom. The van der Waals surface area contributed by atoms with Gasteiger partial charge in [-0.3, -0.25) is 0 Å². The Bertz CT molecular complexity index is 450. The summed E-state index contributed by atoms with van der Waals surface area (Å²) in [4.78, 5) is 4.28. The van der Waals surface area contributed by atoms with Gasteiger partial charge in [0.2, 0.25) is 0 Å². The van der Waals surface area contributed by atoms with Gasteiger partial charge in [0.1, 0.15) is 12.4 Å². The fourth-order valence-corrected chi connectivity index (χ4v) is 2.58. The zero-order chi connectivity index (χ0) is 14.2. The quantitative estimate of drug-likeness (QED) is 0.329. The predicted molar refractivity (Wildman–Crippen MR) is 98.9 cm³/mol. The van der Waals surface area contributed by atoms with Gasteiger partial charge in [-0.2, -0.15) is 0 Å². The SMILES string of the molecule is I.NC(=NCCOc1ccccc1Cl)NC1CCCCC1. The Morgan fingerprint density at radius 1 is 1.29 bits per heavy atom. The van der Waals surface area contributed by atoms with Crippen LogP contribution in [0, 0.1) is 0 Å². The zero-order valence-corrected chi connectivity index (χ0v) is 15.1. The van der Waals surface area contributed by atoms with Crippen LogP contribution in [0.3, 0.4) is 0 Å². The van der Waals surface area contributed by atoms with E-state index in [9.17, 15) is 0 Å². The van der Waals surface area contributed by atoms with Gasteiger partial charge in [0.05, 0.1) is 11.6 Å². The molecule has 0 unspecified atom stereocenters. The summed E-state index contributed by atoms with van der Waals surface area (Å²) in [6.07, 6.45) is 6.26. The van der Waals surface area contributed by atoms with E-state index in [1.807, 2.05) is 18.2 Å². The second-order valence-electron chi connectivity index (χ2n) is 5.03. The van der Waals surface area contributed by atoms with E-state index in [-0.39, 0.29) is 24.0 Å². The van der Waals surface area contributed by atoms with Crippen molar-refractivity contribution in [3.05, 3.63) is 29.3 Å². The zero-order valence-electron chi connectivity index (χ0n) is 12.1. The Hall–Kier alpha value is -0.690. The molecule has 1 aromatic carbocycles. The molecular formula is C15H23ClIN3O. The molecule has 4 nitrogen and oxygen atoms in total. The molecular weight excluding hydrogens is 401 g/mol. The van der Waals surface area contributed by atoms with Crippen molar-refractivity contribution in [2.24, 2.45) is 10.7 Å². The lowest BCUT2D eigenvalue weighted by Crippen LogP contribution is -2.41. The molecule has 2 rings (SSSR count).